The first-order valence-electron chi connectivity index (χ1n) is 38.4. The molecule has 0 unspecified atom stereocenters. The Morgan fingerprint density at radius 2 is 0.540 bits per heavy atom. The Hall–Kier alpha value is -10.1. The van der Waals surface area contributed by atoms with E-state index in [0.717, 1.165) is 120 Å². The van der Waals surface area contributed by atoms with Gasteiger partial charge in [0.2, 0.25) is 0 Å². The van der Waals surface area contributed by atoms with Gasteiger partial charge in [0.25, 0.3) is 0 Å². The topological polar surface area (TPSA) is 284 Å². The third-order valence-electron chi connectivity index (χ3n) is 10.7. The molecule has 11 aromatic rings. The van der Waals surface area contributed by atoms with Crippen LogP contribution in [0.3, 0.4) is 0 Å². The van der Waals surface area contributed by atoms with Crippen molar-refractivity contribution in [3.05, 3.63) is 260 Å². The van der Waals surface area contributed by atoms with Crippen LogP contribution in [0.15, 0.2) is 129 Å². The van der Waals surface area contributed by atoms with Gasteiger partial charge in [0.05, 0.1) is 57.9 Å². The Kier molecular flexibility index (Phi) is 119. The van der Waals surface area contributed by atoms with Crippen LogP contribution in [0.5, 0.6) is 0 Å². The van der Waals surface area contributed by atoms with E-state index in [9.17, 15) is 0 Å². The van der Waals surface area contributed by atoms with Gasteiger partial charge >= 0.3 is 0 Å². The van der Waals surface area contributed by atoms with E-state index < -0.39 is 0 Å². The molecule has 640 valence electrons. The van der Waals surface area contributed by atoms with E-state index in [0.29, 0.717) is 0 Å². The quantitative estimate of drug-likeness (QED) is 0.136. The van der Waals surface area contributed by atoms with Crippen LogP contribution in [-0.4, -0.2) is 110 Å². The summed E-state index contributed by atoms with van der Waals surface area (Å²) in [5.74, 6) is 4.07. The molecule has 0 amide bonds. The third-order valence-corrected chi connectivity index (χ3v) is 10.7. The average Bonchev–Trinajstić information content (AvgIpc) is 0.902. The lowest BCUT2D eigenvalue weighted by atomic mass is 10.2. The lowest BCUT2D eigenvalue weighted by Gasteiger charge is -1.94. The molecule has 0 aliphatic rings. The van der Waals surface area contributed by atoms with Gasteiger partial charge in [-0.3, -0.25) is 24.9 Å². The summed E-state index contributed by atoms with van der Waals surface area (Å²) in [7, 11) is 0. The molecule has 0 radical (unpaired) electrons. The lowest BCUT2D eigenvalue weighted by molar-refractivity contribution is 0.848. The minimum atomic E-state index is 0. The predicted octanol–water partition coefficient (Wildman–Crippen LogP) is 25.1. The van der Waals surface area contributed by atoms with Crippen LogP contribution in [0.1, 0.15) is 299 Å². The van der Waals surface area contributed by atoms with E-state index in [-0.39, 0.29) is 29.7 Å². The number of pyridine rings is 1. The minimum Gasteiger partial charge on any atom is -0.264 e. The maximum Gasteiger partial charge on any atom is 0.148 e. The van der Waals surface area contributed by atoms with Crippen molar-refractivity contribution in [2.75, 3.05) is 0 Å². The van der Waals surface area contributed by atoms with Crippen LogP contribution in [0.4, 0.5) is 0 Å². The highest BCUT2D eigenvalue weighted by atomic mass is 15.2. The Bertz CT molecular complexity index is 3060. The molecule has 0 aromatic carbocycles. The van der Waals surface area contributed by atoms with Crippen LogP contribution in [0.25, 0.3) is 0 Å². The molecular weight excluding hydrogens is 1400 g/mol. The van der Waals surface area contributed by atoms with Crippen LogP contribution >= 0.6 is 0 Å². The van der Waals surface area contributed by atoms with Gasteiger partial charge in [0, 0.05) is 97.1 Å². The number of nitrogens with zero attached hydrogens (tertiary/aromatic N) is 22. The molecule has 11 aromatic heterocycles. The van der Waals surface area contributed by atoms with Crippen LogP contribution in [0, 0.1) is 159 Å². The van der Waals surface area contributed by atoms with Crippen LogP contribution < -0.4 is 0 Å². The van der Waals surface area contributed by atoms with Gasteiger partial charge in [0.15, 0.2) is 0 Å². The van der Waals surface area contributed by atoms with E-state index in [1.165, 1.54) is 11.1 Å². The maximum atomic E-state index is 4.11. The third kappa shape index (κ3) is 94.2. The normalized spacial score (nSPS) is 7.85. The zero-order valence-corrected chi connectivity index (χ0v) is 76.5. The van der Waals surface area contributed by atoms with Gasteiger partial charge in [-0.05, 0) is 229 Å². The van der Waals surface area contributed by atoms with Gasteiger partial charge in [-0.2, -0.15) is 25.5 Å². The molecule has 11 heterocycles. The summed E-state index contributed by atoms with van der Waals surface area (Å²) >= 11 is 0. The molecule has 0 spiro atoms. The standard InChI is InChI=1S/C7H9N.C6H9N3.9C6H8N2.10C2H6.4CH4/c1-6-3-4-8-5-7(6)2;1-4-5(2)8-9-6(3)7-4;1-5-3-8-6(2)4-7-5;1-5-3-7-4-6(2)8-5;1-5-3-6(2)8-4-7-5;2*1-5-3-7-6(2)8-4-5;2*1-5-3-6(2)8-7-4-5;2*1-5-3-4-7-6(2)8-5;10*1-2;;;;/h3-5H,1-2H3;1-3H3;9*3-4H,1-2H3;10*1-2H3;4*1H4. The van der Waals surface area contributed by atoms with Gasteiger partial charge in [-0.1, -0.05) is 168 Å². The summed E-state index contributed by atoms with van der Waals surface area (Å²) in [4.78, 5) is 63.8. The van der Waals surface area contributed by atoms with Crippen molar-refractivity contribution >= 4 is 0 Å². The van der Waals surface area contributed by atoms with Gasteiger partial charge in [0.1, 0.15) is 35.4 Å². The maximum absolute atomic E-state index is 4.11. The highest BCUT2D eigenvalue weighted by Crippen LogP contribution is 2.01. The van der Waals surface area contributed by atoms with Crippen molar-refractivity contribution < 1.29 is 0 Å². The van der Waals surface area contributed by atoms with Crippen molar-refractivity contribution in [1.29, 1.82) is 0 Å². The fraction of sp³-hybridized carbons (Fsp3) is 0.516. The zero-order chi connectivity index (χ0) is 86.7. The Morgan fingerprint density at radius 1 is 0.195 bits per heavy atom. The first-order valence-corrected chi connectivity index (χ1v) is 38.4. The summed E-state index contributed by atoms with van der Waals surface area (Å²) in [6.45, 7) is 84.6. The van der Waals surface area contributed by atoms with Crippen molar-refractivity contribution in [1.82, 2.24) is 110 Å². The van der Waals surface area contributed by atoms with E-state index in [1.54, 1.807) is 55.9 Å². The molecule has 0 saturated carbocycles. The fourth-order valence-electron chi connectivity index (χ4n) is 6.02. The van der Waals surface area contributed by atoms with Gasteiger partial charge < -0.3 is 0 Å². The Balaban J connectivity index is -0.0000000774. The summed E-state index contributed by atoms with van der Waals surface area (Å²) in [6.07, 6.45) is 26.5. The van der Waals surface area contributed by atoms with Crippen molar-refractivity contribution in [2.45, 2.75) is 327 Å². The van der Waals surface area contributed by atoms with Gasteiger partial charge in [-0.25, -0.2) is 54.8 Å². The summed E-state index contributed by atoms with van der Waals surface area (Å²) in [5.41, 5.74) is 18.9. The molecule has 0 aliphatic heterocycles. The largest absolute Gasteiger partial charge is 0.264 e. The van der Waals surface area contributed by atoms with Crippen molar-refractivity contribution in [3.63, 3.8) is 0 Å². The number of aromatic nitrogens is 22. The van der Waals surface area contributed by atoms with E-state index >= 15 is 0 Å². The average molecular weight is 1570 g/mol. The predicted molar refractivity (Wildman–Crippen MR) is 492 cm³/mol. The zero-order valence-electron chi connectivity index (χ0n) is 76.5. The summed E-state index contributed by atoms with van der Waals surface area (Å²) in [5, 5.41) is 22.7. The minimum absolute atomic E-state index is 0. The van der Waals surface area contributed by atoms with Crippen LogP contribution in [-0.2, 0) is 0 Å². The molecule has 0 atom stereocenters. The molecule has 0 aliphatic carbocycles. The second-order valence-corrected chi connectivity index (χ2v) is 20.2. The van der Waals surface area contributed by atoms with Crippen molar-refractivity contribution in [2.24, 2.45) is 0 Å². The molecule has 22 heteroatoms. The summed E-state index contributed by atoms with van der Waals surface area (Å²) in [6, 6.07) is 11.7. The van der Waals surface area contributed by atoms with Crippen molar-refractivity contribution in [3.8, 4) is 0 Å². The second-order valence-electron chi connectivity index (χ2n) is 20.2. The van der Waals surface area contributed by atoms with Crippen LogP contribution in [0.2, 0.25) is 0 Å². The molecule has 22 nitrogen and oxygen atoms in total. The summed E-state index contributed by atoms with van der Waals surface area (Å²) < 4.78 is 0. The number of rotatable bonds is 0. The molecule has 0 bridgehead atoms. The first kappa shape index (κ1) is 135. The molecule has 0 N–H and O–H groups in total. The second kappa shape index (κ2) is 99.9. The van der Waals surface area contributed by atoms with E-state index in [2.05, 4.69) is 124 Å². The lowest BCUT2D eigenvalue weighted by Crippen LogP contribution is -1.97. The molecule has 11 rings (SSSR count). The highest BCUT2D eigenvalue weighted by Gasteiger charge is 1.95. The molecule has 0 saturated heterocycles. The van der Waals surface area contributed by atoms with E-state index in [1.807, 2.05) is 357 Å². The Morgan fingerprint density at radius 3 is 0.735 bits per heavy atom. The Labute approximate surface area is 694 Å². The molecular formula is C91H166N22. The van der Waals surface area contributed by atoms with Gasteiger partial charge in [-0.15, -0.1) is 5.10 Å². The number of aryl methyl sites for hydroxylation is 23. The number of hydrogen-bond donors (Lipinski definition) is 0. The monoisotopic (exact) mass is 1570 g/mol. The smallest absolute Gasteiger partial charge is 0.148 e. The molecule has 0 fully saturated rings. The van der Waals surface area contributed by atoms with E-state index in [4.69, 9.17) is 0 Å². The molecule has 113 heavy (non-hydrogen) atoms. The number of hydrogen-bond acceptors (Lipinski definition) is 22. The SMILES string of the molecule is C.C.C.C.CC.CC.CC.CC.CC.CC.CC.CC.CC.CC.Cc1cc(C)ncn1.Cc1ccnc(C)n1.Cc1ccnc(C)n1.Cc1ccncc1C.Cc1cnc(C)cn1.Cc1cnc(C)nc1.Cc1cnc(C)nc1.Cc1cncc(C)n1.Cc1cnnc(C)c1.Cc1cnnc(C)c1.Cc1nnc(C)c(C)n1. The highest BCUT2D eigenvalue weighted by molar-refractivity contribution is 5.19. The fourth-order valence-corrected chi connectivity index (χ4v) is 6.02. The first-order chi connectivity index (χ1) is 52.1.